The van der Waals surface area contributed by atoms with Crippen molar-refractivity contribution in [2.24, 2.45) is 10.8 Å². The molecule has 4 N–H and O–H groups in total. The minimum absolute atomic E-state index is 0.0554. The van der Waals surface area contributed by atoms with Gasteiger partial charge in [-0.3, -0.25) is 28.8 Å². The topological polar surface area (TPSA) is 163 Å². The second kappa shape index (κ2) is 29.9. The summed E-state index contributed by atoms with van der Waals surface area (Å²) in [6, 6.07) is 34.2. The quantitative estimate of drug-likeness (QED) is 0.0429. The molecule has 14 nitrogen and oxygen atoms in total. The van der Waals surface area contributed by atoms with Gasteiger partial charge in [0.05, 0.1) is 12.1 Å². The molecule has 80 heavy (non-hydrogen) atoms. The Morgan fingerprint density at radius 1 is 0.500 bits per heavy atom. The summed E-state index contributed by atoms with van der Waals surface area (Å²) in [7, 11) is 3.45. The van der Waals surface area contributed by atoms with Crippen molar-refractivity contribution in [3.05, 3.63) is 120 Å². The van der Waals surface area contributed by atoms with Gasteiger partial charge < -0.3 is 40.9 Å². The van der Waals surface area contributed by atoms with Crippen LogP contribution in [0.3, 0.4) is 0 Å². The number of unbranched alkanes of at least 4 members (excludes halogenated alkanes) is 5. The third kappa shape index (κ3) is 17.6. The average Bonchev–Trinajstić information content (AvgIpc) is 4.14. The second-order valence-electron chi connectivity index (χ2n) is 24.5. The largest absolute Gasteiger partial charge is 0.342 e. The molecular formula is C66H94N8O6. The molecule has 2 heterocycles. The predicted octanol–water partition coefficient (Wildman–Crippen LogP) is 9.76. The van der Waals surface area contributed by atoms with Gasteiger partial charge in [-0.25, -0.2) is 0 Å². The molecule has 0 aromatic heterocycles. The van der Waals surface area contributed by atoms with Crippen LogP contribution >= 0.6 is 0 Å². The zero-order valence-corrected chi connectivity index (χ0v) is 49.8. The molecule has 0 saturated carbocycles. The molecule has 6 amide bonds. The summed E-state index contributed by atoms with van der Waals surface area (Å²) >= 11 is 0. The predicted molar refractivity (Wildman–Crippen MR) is 321 cm³/mol. The van der Waals surface area contributed by atoms with E-state index in [9.17, 15) is 28.8 Å². The van der Waals surface area contributed by atoms with Crippen LogP contribution < -0.4 is 21.3 Å². The van der Waals surface area contributed by atoms with Crippen LogP contribution in [0.2, 0.25) is 0 Å². The van der Waals surface area contributed by atoms with Crippen molar-refractivity contribution in [2.45, 2.75) is 182 Å². The third-order valence-electron chi connectivity index (χ3n) is 16.3. The molecule has 0 spiro atoms. The summed E-state index contributed by atoms with van der Waals surface area (Å²) in [5, 5.41) is 12.0. The van der Waals surface area contributed by atoms with E-state index in [4.69, 9.17) is 0 Å². The maximum atomic E-state index is 14.5. The Balaban J connectivity index is 1.09. The Hall–Kier alpha value is -6.38. The van der Waals surface area contributed by atoms with Gasteiger partial charge in [-0.1, -0.05) is 176 Å². The van der Waals surface area contributed by atoms with Crippen LogP contribution in [-0.2, 0) is 41.9 Å². The van der Waals surface area contributed by atoms with Crippen LogP contribution in [0, 0.1) is 10.8 Å². The Morgan fingerprint density at radius 3 is 1.19 bits per heavy atom. The van der Waals surface area contributed by atoms with Gasteiger partial charge in [-0.2, -0.15) is 0 Å². The number of nitrogens with one attached hydrogen (secondary N) is 4. The van der Waals surface area contributed by atoms with Gasteiger partial charge in [0, 0.05) is 64.2 Å². The van der Waals surface area contributed by atoms with Gasteiger partial charge in [0.1, 0.15) is 12.1 Å². The zero-order chi connectivity index (χ0) is 58.0. The number of hydrogen-bond donors (Lipinski definition) is 4. The molecule has 6 rings (SSSR count). The highest BCUT2D eigenvalue weighted by Gasteiger charge is 2.43. The first-order chi connectivity index (χ1) is 38.2. The third-order valence-corrected chi connectivity index (χ3v) is 16.3. The monoisotopic (exact) mass is 1090 g/mol. The molecule has 6 atom stereocenters. The number of carbonyl (C=O) groups excluding carboxylic acids is 6. The van der Waals surface area contributed by atoms with Crippen molar-refractivity contribution < 1.29 is 28.8 Å². The number of likely N-dealkylation sites (tertiary alicyclic amines) is 2. The SMILES string of the molecule is CN[C@@H](C)C(=O)N[C@H](C(=O)N1CCC[C@H]1CN(Cc1ccccc1-c1ccccc1)C(=O)CCCCCCCCC(=O)N(Cc1ccccc1-c1ccccc1)C[C@@H]1CCCN1C(=O)[C@@H](NC(=O)[C@H](C)NC)C(C)(C)C)C(C)(C)C. The molecule has 2 fully saturated rings. The number of carbonyl (C=O) groups is 6. The van der Waals surface area contributed by atoms with Crippen LogP contribution in [0.1, 0.15) is 144 Å². The summed E-state index contributed by atoms with van der Waals surface area (Å²) in [6.07, 6.45) is 9.00. The molecule has 0 bridgehead atoms. The van der Waals surface area contributed by atoms with Gasteiger partial charge in [-0.05, 0) is 111 Å². The summed E-state index contributed by atoms with van der Waals surface area (Å²) in [5.74, 6) is -0.571. The van der Waals surface area contributed by atoms with Crippen LogP contribution in [-0.4, -0.2) is 132 Å². The fourth-order valence-electron chi connectivity index (χ4n) is 11.2. The van der Waals surface area contributed by atoms with Crippen molar-refractivity contribution in [3.8, 4) is 22.3 Å². The maximum absolute atomic E-state index is 14.5. The van der Waals surface area contributed by atoms with Crippen molar-refractivity contribution in [3.63, 3.8) is 0 Å². The Kier molecular flexibility index (Phi) is 23.5. The van der Waals surface area contributed by atoms with Crippen molar-refractivity contribution >= 4 is 35.4 Å². The summed E-state index contributed by atoms with van der Waals surface area (Å²) in [6.45, 7) is 18.1. The number of rotatable bonds is 27. The number of benzene rings is 4. The fourth-order valence-corrected chi connectivity index (χ4v) is 11.2. The van der Waals surface area contributed by atoms with E-state index in [0.29, 0.717) is 52.1 Å². The normalized spacial score (nSPS) is 17.1. The van der Waals surface area contributed by atoms with Gasteiger partial charge in [0.2, 0.25) is 35.4 Å². The van der Waals surface area contributed by atoms with Crippen LogP contribution in [0.15, 0.2) is 109 Å². The first-order valence-electron chi connectivity index (χ1n) is 29.6. The van der Waals surface area contributed by atoms with E-state index < -0.39 is 35.0 Å². The summed E-state index contributed by atoms with van der Waals surface area (Å²) in [4.78, 5) is 92.0. The lowest BCUT2D eigenvalue weighted by molar-refractivity contribution is -0.142. The first kappa shape index (κ1) is 62.8. The lowest BCUT2D eigenvalue weighted by Gasteiger charge is -2.37. The minimum Gasteiger partial charge on any atom is -0.342 e. The minimum atomic E-state index is -0.726. The van der Waals surface area contributed by atoms with E-state index >= 15 is 0 Å². The van der Waals surface area contributed by atoms with E-state index in [0.717, 1.165) is 97.6 Å². The standard InChI is InChI=1S/C66H94N8O6/c1-47(67-9)61(77)69-59(65(3,4)5)63(79)73-41-27-35-53(73)45-71(43-51-33-23-25-37-55(51)49-29-17-15-18-30-49)57(75)39-21-13-11-12-14-22-40-58(76)72(44-52-34-24-26-38-56(52)50-31-19-16-20-32-50)46-54-36-28-42-74(54)64(80)60(66(6,7)8)70-62(78)48(2)68-10/h15-20,23-26,29-34,37-38,47-48,53-54,59-60,67-68H,11-14,21-22,27-28,35-36,39-46H2,1-10H3,(H,69,77)(H,70,78)/t47-,48-,53-,54-,59+,60+/m0/s1. The molecule has 2 aliphatic rings. The molecule has 434 valence electrons. The molecule has 4 aromatic carbocycles. The van der Waals surface area contributed by atoms with Crippen molar-refractivity contribution in [2.75, 3.05) is 40.3 Å². The highest BCUT2D eigenvalue weighted by Crippen LogP contribution is 2.32. The smallest absolute Gasteiger partial charge is 0.246 e. The number of nitrogens with zero attached hydrogens (tertiary/aromatic N) is 4. The average molecular weight is 1100 g/mol. The first-order valence-corrected chi connectivity index (χ1v) is 29.6. The highest BCUT2D eigenvalue weighted by atomic mass is 16.2. The summed E-state index contributed by atoms with van der Waals surface area (Å²) in [5.41, 5.74) is 5.32. The van der Waals surface area contributed by atoms with Crippen LogP contribution in [0.5, 0.6) is 0 Å². The maximum Gasteiger partial charge on any atom is 0.246 e. The number of likely N-dealkylation sites (N-methyl/N-ethyl adjacent to an activating group) is 2. The Bertz CT molecular complexity index is 2470. The van der Waals surface area contributed by atoms with Crippen molar-refractivity contribution in [1.29, 1.82) is 0 Å². The van der Waals surface area contributed by atoms with Crippen LogP contribution in [0.4, 0.5) is 0 Å². The van der Waals surface area contributed by atoms with Crippen LogP contribution in [0.25, 0.3) is 22.3 Å². The van der Waals surface area contributed by atoms with E-state index in [1.54, 1.807) is 27.9 Å². The highest BCUT2D eigenvalue weighted by molar-refractivity contribution is 5.91. The molecule has 0 unspecified atom stereocenters. The van der Waals surface area contributed by atoms with E-state index in [1.165, 1.54) is 0 Å². The van der Waals surface area contributed by atoms with Gasteiger partial charge in [0.15, 0.2) is 0 Å². The van der Waals surface area contributed by atoms with Gasteiger partial charge in [0.25, 0.3) is 0 Å². The molecule has 0 aliphatic carbocycles. The Morgan fingerprint density at radius 2 is 0.838 bits per heavy atom. The molecule has 14 heteroatoms. The number of amides is 6. The second-order valence-corrected chi connectivity index (χ2v) is 24.5. The fraction of sp³-hybridized carbons (Fsp3) is 0.545. The van der Waals surface area contributed by atoms with E-state index in [-0.39, 0.29) is 47.5 Å². The van der Waals surface area contributed by atoms with Gasteiger partial charge >= 0.3 is 0 Å². The van der Waals surface area contributed by atoms with E-state index in [1.807, 2.05) is 122 Å². The van der Waals surface area contributed by atoms with Crippen molar-refractivity contribution in [1.82, 2.24) is 40.9 Å². The summed E-state index contributed by atoms with van der Waals surface area (Å²) < 4.78 is 0. The lowest BCUT2D eigenvalue weighted by atomic mass is 9.85. The molecule has 4 aromatic rings. The van der Waals surface area contributed by atoms with E-state index in [2.05, 4.69) is 69.8 Å². The number of hydrogen-bond acceptors (Lipinski definition) is 8. The zero-order valence-electron chi connectivity index (χ0n) is 49.8. The lowest BCUT2D eigenvalue weighted by Crippen LogP contribution is -2.59. The molecule has 2 saturated heterocycles. The Labute approximate surface area is 478 Å². The van der Waals surface area contributed by atoms with Gasteiger partial charge in [-0.15, -0.1) is 0 Å². The molecule has 0 radical (unpaired) electrons. The molecule has 2 aliphatic heterocycles. The molecular weight excluding hydrogens is 1000 g/mol.